The summed E-state index contributed by atoms with van der Waals surface area (Å²) < 4.78 is 50.6. The van der Waals surface area contributed by atoms with Crippen molar-refractivity contribution in [3.63, 3.8) is 0 Å². The molecule has 0 spiro atoms. The van der Waals surface area contributed by atoms with Crippen molar-refractivity contribution in [3.8, 4) is 17.2 Å². The van der Waals surface area contributed by atoms with Gasteiger partial charge in [0, 0.05) is 13.0 Å². The highest BCUT2D eigenvalue weighted by Gasteiger charge is 2.31. The molecule has 2 aromatic carbocycles. The van der Waals surface area contributed by atoms with E-state index in [0.717, 1.165) is 12.0 Å². The first kappa shape index (κ1) is 32.3. The number of benzene rings is 2. The molecule has 1 saturated carbocycles. The van der Waals surface area contributed by atoms with Crippen LogP contribution in [0.4, 0.5) is 13.2 Å². The highest BCUT2D eigenvalue weighted by molar-refractivity contribution is 5.92. The van der Waals surface area contributed by atoms with E-state index in [2.05, 4.69) is 15.0 Å². The Bertz CT molecular complexity index is 1130. The number of nitrogens with zero attached hydrogens (tertiary/aromatic N) is 1. The molecule has 0 atom stereocenters. The van der Waals surface area contributed by atoms with Gasteiger partial charge in [0.2, 0.25) is 5.91 Å². The zero-order valence-electron chi connectivity index (χ0n) is 22.8. The van der Waals surface area contributed by atoms with Gasteiger partial charge in [-0.1, -0.05) is 50.3 Å². The van der Waals surface area contributed by atoms with Crippen LogP contribution in [0.5, 0.6) is 17.2 Å². The maximum Gasteiger partial charge on any atom is 0.573 e. The monoisotopic (exact) mass is 566 g/mol. The van der Waals surface area contributed by atoms with Crippen molar-refractivity contribution in [1.29, 1.82) is 0 Å². The third-order valence-corrected chi connectivity index (χ3v) is 6.18. The number of carbonyl (C=O) groups is 2. The topological polar surface area (TPSA) is 138 Å². The zero-order chi connectivity index (χ0) is 29.5. The number of guanidine groups is 1. The van der Waals surface area contributed by atoms with Crippen molar-refractivity contribution >= 4 is 17.8 Å². The predicted molar refractivity (Wildman–Crippen MR) is 145 cm³/mol. The van der Waals surface area contributed by atoms with Crippen LogP contribution in [0.2, 0.25) is 0 Å². The van der Waals surface area contributed by atoms with E-state index in [1.807, 2.05) is 0 Å². The van der Waals surface area contributed by atoms with Gasteiger partial charge in [-0.05, 0) is 47.7 Å². The van der Waals surface area contributed by atoms with Gasteiger partial charge in [-0.25, -0.2) is 0 Å². The van der Waals surface area contributed by atoms with Gasteiger partial charge in [-0.3, -0.25) is 9.59 Å². The van der Waals surface area contributed by atoms with Gasteiger partial charge in [0.25, 0.3) is 5.91 Å². The molecule has 0 heterocycles. The van der Waals surface area contributed by atoms with E-state index in [9.17, 15) is 22.8 Å². The van der Waals surface area contributed by atoms with Gasteiger partial charge in [-0.2, -0.15) is 4.99 Å². The molecule has 2 amide bonds. The van der Waals surface area contributed by atoms with Crippen molar-refractivity contribution in [1.82, 2.24) is 5.32 Å². The molecule has 3 rings (SSSR count). The second-order valence-corrected chi connectivity index (χ2v) is 9.31. The number of amides is 2. The van der Waals surface area contributed by atoms with E-state index < -0.39 is 12.3 Å². The van der Waals surface area contributed by atoms with Crippen LogP contribution in [0.25, 0.3) is 0 Å². The van der Waals surface area contributed by atoms with Crippen LogP contribution in [0, 0.1) is 5.92 Å². The van der Waals surface area contributed by atoms with Crippen LogP contribution >= 0.6 is 0 Å². The first-order chi connectivity index (χ1) is 19.0. The number of halogens is 3. The average Bonchev–Trinajstić information content (AvgIpc) is 2.90. The maximum absolute atomic E-state index is 12.2. The third kappa shape index (κ3) is 12.7. The Balaban J connectivity index is 0.000000294. The molecule has 0 saturated heterocycles. The molecule has 1 fully saturated rings. The number of hydrogen-bond acceptors (Lipinski definition) is 5. The number of rotatable bonds is 10. The number of ether oxygens (including phenoxy) is 3. The van der Waals surface area contributed by atoms with E-state index in [4.69, 9.17) is 20.9 Å². The SMILES string of the molecule is COc1ccc(CC(=O)N=C(N)N)cc1OC.O=C(CCC1CCCCC1)NCc1cccc(OC(F)(F)F)c1. The molecule has 9 nitrogen and oxygen atoms in total. The van der Waals surface area contributed by atoms with Crippen LogP contribution < -0.4 is 31.0 Å². The van der Waals surface area contributed by atoms with Gasteiger partial charge in [-0.15, -0.1) is 13.2 Å². The predicted octanol–water partition coefficient (Wildman–Crippen LogP) is 4.61. The van der Waals surface area contributed by atoms with Crippen LogP contribution in [0.15, 0.2) is 47.5 Å². The maximum atomic E-state index is 12.2. The zero-order valence-corrected chi connectivity index (χ0v) is 22.8. The minimum atomic E-state index is -4.71. The largest absolute Gasteiger partial charge is 0.573 e. The van der Waals surface area contributed by atoms with Crippen molar-refractivity contribution in [2.24, 2.45) is 22.4 Å². The second kappa shape index (κ2) is 16.2. The van der Waals surface area contributed by atoms with Gasteiger partial charge in [0.15, 0.2) is 17.5 Å². The first-order valence-corrected chi connectivity index (χ1v) is 12.9. The standard InChI is InChI=1S/C17H22F3NO2.C11H15N3O3/c18-17(19,20)23-15-8-4-7-14(11-15)12-21-16(22)10-9-13-5-2-1-3-6-13;1-16-8-4-3-7(5-9(8)17-2)6-10(15)14-11(12)13/h4,7-8,11,13H,1-3,5-6,9-10,12H2,(H,21,22);3-5H,6H2,1-2H3,(H4,12,13,14,15). The van der Waals surface area contributed by atoms with Gasteiger partial charge < -0.3 is 31.0 Å². The average molecular weight is 567 g/mol. The molecule has 12 heteroatoms. The van der Waals surface area contributed by atoms with Crippen LogP contribution in [-0.4, -0.2) is 38.4 Å². The highest BCUT2D eigenvalue weighted by Crippen LogP contribution is 2.28. The Labute approximate surface area is 232 Å². The molecule has 220 valence electrons. The lowest BCUT2D eigenvalue weighted by Gasteiger charge is -2.21. The number of nitrogens with one attached hydrogen (secondary N) is 1. The molecular weight excluding hydrogens is 529 g/mol. The Morgan fingerprint density at radius 1 is 0.975 bits per heavy atom. The fourth-order valence-corrected chi connectivity index (χ4v) is 4.30. The molecule has 2 aromatic rings. The molecule has 5 N–H and O–H groups in total. The lowest BCUT2D eigenvalue weighted by atomic mass is 9.86. The summed E-state index contributed by atoms with van der Waals surface area (Å²) in [5, 5.41) is 2.75. The number of carbonyl (C=O) groups excluding carboxylic acids is 2. The number of aliphatic imine (C=N–C) groups is 1. The number of nitrogens with two attached hydrogens (primary N) is 2. The van der Waals surface area contributed by atoms with Crippen LogP contribution in [0.3, 0.4) is 0 Å². The van der Waals surface area contributed by atoms with Gasteiger partial charge in [0.05, 0.1) is 20.6 Å². The van der Waals surface area contributed by atoms with Crippen molar-refractivity contribution in [2.75, 3.05) is 14.2 Å². The summed E-state index contributed by atoms with van der Waals surface area (Å²) in [6.07, 6.45) is 2.95. The van der Waals surface area contributed by atoms with Gasteiger partial charge >= 0.3 is 6.36 Å². The summed E-state index contributed by atoms with van der Waals surface area (Å²) in [7, 11) is 3.07. The van der Waals surface area contributed by atoms with Gasteiger partial charge in [0.1, 0.15) is 5.75 Å². The Morgan fingerprint density at radius 2 is 1.68 bits per heavy atom. The van der Waals surface area contributed by atoms with Crippen molar-refractivity contribution in [3.05, 3.63) is 53.6 Å². The van der Waals surface area contributed by atoms with E-state index in [0.29, 0.717) is 29.4 Å². The van der Waals surface area contributed by atoms with E-state index in [1.54, 1.807) is 31.4 Å². The first-order valence-electron chi connectivity index (χ1n) is 12.9. The Morgan fingerprint density at radius 3 is 2.30 bits per heavy atom. The molecule has 0 unspecified atom stereocenters. The fourth-order valence-electron chi connectivity index (χ4n) is 4.30. The summed E-state index contributed by atoms with van der Waals surface area (Å²) >= 11 is 0. The van der Waals surface area contributed by atoms with E-state index >= 15 is 0 Å². The highest BCUT2D eigenvalue weighted by atomic mass is 19.4. The lowest BCUT2D eigenvalue weighted by molar-refractivity contribution is -0.274. The number of methoxy groups -OCH3 is 2. The second-order valence-electron chi connectivity index (χ2n) is 9.31. The summed E-state index contributed by atoms with van der Waals surface area (Å²) in [6.45, 7) is 0.207. The Hall–Kier alpha value is -3.96. The summed E-state index contributed by atoms with van der Waals surface area (Å²) in [4.78, 5) is 26.6. The summed E-state index contributed by atoms with van der Waals surface area (Å²) in [6, 6.07) is 10.8. The van der Waals surface area contributed by atoms with Crippen LogP contribution in [-0.2, 0) is 22.6 Å². The lowest BCUT2D eigenvalue weighted by Crippen LogP contribution is -2.24. The fraction of sp³-hybridized carbons (Fsp3) is 0.464. The molecule has 0 aliphatic heterocycles. The molecule has 40 heavy (non-hydrogen) atoms. The van der Waals surface area contributed by atoms with Crippen LogP contribution in [0.1, 0.15) is 56.1 Å². The van der Waals surface area contributed by atoms with Crippen molar-refractivity contribution in [2.45, 2.75) is 64.3 Å². The molecule has 0 radical (unpaired) electrons. The minimum Gasteiger partial charge on any atom is -0.493 e. The Kier molecular flexibility index (Phi) is 13.1. The van der Waals surface area contributed by atoms with E-state index in [1.165, 1.54) is 57.4 Å². The smallest absolute Gasteiger partial charge is 0.493 e. The molecule has 1 aliphatic rings. The quantitative estimate of drug-likeness (QED) is 0.282. The minimum absolute atomic E-state index is 0.0577. The normalized spacial score (nSPS) is 13.3. The number of alkyl halides is 3. The molecule has 0 aromatic heterocycles. The van der Waals surface area contributed by atoms with E-state index in [-0.39, 0.29) is 30.6 Å². The molecule has 1 aliphatic carbocycles. The summed E-state index contributed by atoms with van der Waals surface area (Å²) in [5.74, 6) is 0.822. The summed E-state index contributed by atoms with van der Waals surface area (Å²) in [5.41, 5.74) is 11.6. The molecule has 0 bridgehead atoms. The van der Waals surface area contributed by atoms with Crippen molar-refractivity contribution < 1.29 is 37.0 Å². The molecular formula is C28H37F3N4O5. The third-order valence-electron chi connectivity index (χ3n) is 6.18. The number of hydrogen-bond donors (Lipinski definition) is 3.